The number of thioether (sulfide) groups is 1. The summed E-state index contributed by atoms with van der Waals surface area (Å²) in [5, 5.41) is 20.0. The van der Waals surface area contributed by atoms with E-state index in [-0.39, 0.29) is 0 Å². The molecule has 3 heterocycles. The quantitative estimate of drug-likeness (QED) is 0.471. The summed E-state index contributed by atoms with van der Waals surface area (Å²) in [5.41, 5.74) is 2.18. The molecule has 8 heteroatoms. The monoisotopic (exact) mass is 480 g/mol. The predicted octanol–water partition coefficient (Wildman–Crippen LogP) is 4.63. The van der Waals surface area contributed by atoms with Gasteiger partial charge in [-0.1, -0.05) is 30.0 Å². The molecule has 1 atom stereocenters. The highest BCUT2D eigenvalue weighted by atomic mass is 32.2. The van der Waals surface area contributed by atoms with Crippen LogP contribution in [-0.2, 0) is 11.3 Å². The van der Waals surface area contributed by atoms with E-state index in [9.17, 15) is 5.11 Å². The van der Waals surface area contributed by atoms with Crippen molar-refractivity contribution >= 4 is 11.8 Å². The van der Waals surface area contributed by atoms with Crippen molar-refractivity contribution in [3.8, 4) is 17.2 Å². The van der Waals surface area contributed by atoms with Crippen LogP contribution < -0.4 is 4.74 Å². The van der Waals surface area contributed by atoms with Gasteiger partial charge in [0.1, 0.15) is 17.3 Å². The molecule has 180 valence electrons. The summed E-state index contributed by atoms with van der Waals surface area (Å²) in [6.07, 6.45) is 4.60. The van der Waals surface area contributed by atoms with Crippen LogP contribution in [0.1, 0.15) is 43.0 Å². The fourth-order valence-electron chi connectivity index (χ4n) is 4.84. The molecule has 2 saturated heterocycles. The van der Waals surface area contributed by atoms with E-state index in [1.807, 2.05) is 24.3 Å². The fraction of sp³-hybridized carbons (Fsp3) is 0.462. The zero-order valence-electron chi connectivity index (χ0n) is 19.6. The van der Waals surface area contributed by atoms with Crippen LogP contribution in [0, 0.1) is 0 Å². The maximum absolute atomic E-state index is 9.77. The maximum atomic E-state index is 9.77. The molecule has 34 heavy (non-hydrogen) atoms. The van der Waals surface area contributed by atoms with Gasteiger partial charge in [-0.15, -0.1) is 10.2 Å². The minimum Gasteiger partial charge on any atom is -0.508 e. The third-order valence-electron chi connectivity index (χ3n) is 6.66. The van der Waals surface area contributed by atoms with Gasteiger partial charge in [-0.25, -0.2) is 0 Å². The van der Waals surface area contributed by atoms with E-state index >= 15 is 0 Å². The van der Waals surface area contributed by atoms with Crippen molar-refractivity contribution in [1.82, 2.24) is 19.7 Å². The van der Waals surface area contributed by atoms with E-state index < -0.39 is 0 Å². The molecule has 0 bridgehead atoms. The first-order valence-corrected chi connectivity index (χ1v) is 13.0. The van der Waals surface area contributed by atoms with Gasteiger partial charge in [0, 0.05) is 30.9 Å². The lowest BCUT2D eigenvalue weighted by Gasteiger charge is -2.31. The van der Waals surface area contributed by atoms with E-state index in [1.165, 1.54) is 0 Å². The van der Waals surface area contributed by atoms with Crippen molar-refractivity contribution in [2.75, 3.05) is 32.6 Å². The summed E-state index contributed by atoms with van der Waals surface area (Å²) in [6, 6.07) is 15.7. The van der Waals surface area contributed by atoms with Crippen LogP contribution in [0.2, 0.25) is 0 Å². The van der Waals surface area contributed by atoms with Crippen molar-refractivity contribution in [2.45, 2.75) is 49.4 Å². The normalized spacial score (nSPS) is 19.5. The Kier molecular flexibility index (Phi) is 7.37. The molecule has 0 saturated carbocycles. The standard InChI is InChI=1S/C26H32N4O3S/c1-32-23-8-3-6-21(16-23)30-25(27-28-26(30)34-18-24-9-4-14-33-24)20-10-12-29(13-11-20)17-19-5-2-7-22(31)15-19/h2-3,5-8,15-16,20,24,31H,4,9-14,17-18H2,1H3. The molecule has 0 aliphatic carbocycles. The first-order chi connectivity index (χ1) is 16.7. The van der Waals surface area contributed by atoms with Crippen molar-refractivity contribution < 1.29 is 14.6 Å². The molecule has 3 aromatic rings. The molecule has 7 nitrogen and oxygen atoms in total. The first-order valence-electron chi connectivity index (χ1n) is 12.0. The van der Waals surface area contributed by atoms with Crippen LogP contribution in [0.5, 0.6) is 11.5 Å². The first kappa shape index (κ1) is 23.2. The summed E-state index contributed by atoms with van der Waals surface area (Å²) in [7, 11) is 1.70. The summed E-state index contributed by atoms with van der Waals surface area (Å²) in [4.78, 5) is 2.45. The molecule has 2 aliphatic rings. The number of hydrogen-bond acceptors (Lipinski definition) is 7. The van der Waals surface area contributed by atoms with Gasteiger partial charge in [0.25, 0.3) is 0 Å². The number of phenols is 1. The van der Waals surface area contributed by atoms with E-state index in [4.69, 9.17) is 14.6 Å². The molecule has 0 amide bonds. The SMILES string of the molecule is COc1cccc(-n2c(SCC3CCCO3)nnc2C2CCN(Cc3cccc(O)c3)CC2)c1. The summed E-state index contributed by atoms with van der Waals surface area (Å²) < 4.78 is 13.5. The highest BCUT2D eigenvalue weighted by molar-refractivity contribution is 7.99. The number of piperidine rings is 1. The lowest BCUT2D eigenvalue weighted by atomic mass is 9.95. The molecule has 1 unspecified atom stereocenters. The smallest absolute Gasteiger partial charge is 0.195 e. The van der Waals surface area contributed by atoms with Gasteiger partial charge >= 0.3 is 0 Å². The fourth-order valence-corrected chi connectivity index (χ4v) is 5.86. The Hall–Kier alpha value is -2.55. The second-order valence-electron chi connectivity index (χ2n) is 9.04. The molecule has 2 fully saturated rings. The molecule has 0 spiro atoms. The molecular weight excluding hydrogens is 448 g/mol. The third kappa shape index (κ3) is 5.40. The van der Waals surface area contributed by atoms with Crippen molar-refractivity contribution in [3.63, 3.8) is 0 Å². The number of methoxy groups -OCH3 is 1. The number of likely N-dealkylation sites (tertiary alicyclic amines) is 1. The number of rotatable bonds is 8. The van der Waals surface area contributed by atoms with Gasteiger partial charge < -0.3 is 14.6 Å². The van der Waals surface area contributed by atoms with Crippen LogP contribution in [0.4, 0.5) is 0 Å². The number of phenolic OH excluding ortho intramolecular Hbond substituents is 1. The zero-order valence-corrected chi connectivity index (χ0v) is 20.4. The molecule has 0 radical (unpaired) electrons. The van der Waals surface area contributed by atoms with Gasteiger partial charge in [-0.2, -0.15) is 0 Å². The van der Waals surface area contributed by atoms with Gasteiger partial charge in [0.05, 0.1) is 18.9 Å². The number of aromatic hydroxyl groups is 1. The lowest BCUT2D eigenvalue weighted by Crippen LogP contribution is -2.33. The summed E-state index contributed by atoms with van der Waals surface area (Å²) in [6.45, 7) is 3.69. The molecule has 5 rings (SSSR count). The second-order valence-corrected chi connectivity index (χ2v) is 10.0. The largest absolute Gasteiger partial charge is 0.508 e. The van der Waals surface area contributed by atoms with Crippen molar-refractivity contribution in [3.05, 3.63) is 59.9 Å². The Balaban J connectivity index is 1.33. The van der Waals surface area contributed by atoms with Crippen molar-refractivity contribution in [2.24, 2.45) is 0 Å². The van der Waals surface area contributed by atoms with Gasteiger partial charge in [0.2, 0.25) is 0 Å². The van der Waals surface area contributed by atoms with Crippen LogP contribution >= 0.6 is 11.8 Å². The summed E-state index contributed by atoms with van der Waals surface area (Å²) in [5.74, 6) is 3.42. The highest BCUT2D eigenvalue weighted by Crippen LogP contribution is 2.34. The Morgan fingerprint density at radius 1 is 1.09 bits per heavy atom. The lowest BCUT2D eigenvalue weighted by molar-refractivity contribution is 0.129. The Morgan fingerprint density at radius 3 is 2.71 bits per heavy atom. The van der Waals surface area contributed by atoms with E-state index in [2.05, 4.69) is 32.8 Å². The van der Waals surface area contributed by atoms with Crippen LogP contribution in [0.3, 0.4) is 0 Å². The number of benzene rings is 2. The Morgan fingerprint density at radius 2 is 1.94 bits per heavy atom. The Bertz CT molecular complexity index is 1090. The molecular formula is C26H32N4O3S. The molecule has 1 N–H and O–H groups in total. The molecule has 1 aromatic heterocycles. The van der Waals surface area contributed by atoms with Gasteiger partial charge in [-0.05, 0) is 68.6 Å². The average Bonchev–Trinajstić information content (AvgIpc) is 3.53. The Labute approximate surface area is 205 Å². The van der Waals surface area contributed by atoms with Gasteiger partial charge in [0.15, 0.2) is 5.16 Å². The van der Waals surface area contributed by atoms with E-state index in [1.54, 1.807) is 24.9 Å². The number of ether oxygens (including phenoxy) is 2. The number of hydrogen-bond donors (Lipinski definition) is 1. The minimum absolute atomic E-state index is 0.296. The van der Waals surface area contributed by atoms with Crippen LogP contribution in [0.25, 0.3) is 5.69 Å². The van der Waals surface area contributed by atoms with Gasteiger partial charge in [-0.3, -0.25) is 9.47 Å². The maximum Gasteiger partial charge on any atom is 0.195 e. The minimum atomic E-state index is 0.296. The van der Waals surface area contributed by atoms with Crippen LogP contribution in [0.15, 0.2) is 53.7 Å². The topological polar surface area (TPSA) is 72.6 Å². The molecule has 2 aromatic carbocycles. The number of nitrogens with zero attached hydrogens (tertiary/aromatic N) is 4. The molecule has 2 aliphatic heterocycles. The zero-order chi connectivity index (χ0) is 23.3. The number of aromatic nitrogens is 3. The highest BCUT2D eigenvalue weighted by Gasteiger charge is 2.28. The van der Waals surface area contributed by atoms with Crippen LogP contribution in [-0.4, -0.2) is 63.4 Å². The average molecular weight is 481 g/mol. The predicted molar refractivity (Wildman–Crippen MR) is 133 cm³/mol. The van der Waals surface area contributed by atoms with E-state index in [0.29, 0.717) is 17.8 Å². The van der Waals surface area contributed by atoms with Crippen molar-refractivity contribution in [1.29, 1.82) is 0 Å². The van der Waals surface area contributed by atoms with E-state index in [0.717, 1.165) is 85.7 Å². The second kappa shape index (κ2) is 10.8. The summed E-state index contributed by atoms with van der Waals surface area (Å²) >= 11 is 1.73. The third-order valence-corrected chi connectivity index (χ3v) is 7.72.